The summed E-state index contributed by atoms with van der Waals surface area (Å²) in [5, 5.41) is 12.6. The first kappa shape index (κ1) is 65.1. The van der Waals surface area contributed by atoms with Gasteiger partial charge in [-0.25, -0.2) is 0 Å². The van der Waals surface area contributed by atoms with Gasteiger partial charge in [0.1, 0.15) is 0 Å². The van der Waals surface area contributed by atoms with Crippen LogP contribution in [0.1, 0.15) is 26.3 Å². The van der Waals surface area contributed by atoms with Crippen LogP contribution in [0.2, 0.25) is 0 Å². The van der Waals surface area contributed by atoms with Gasteiger partial charge in [0.05, 0.1) is 22.4 Å². The third-order valence-corrected chi connectivity index (χ3v) is 24.0. The van der Waals surface area contributed by atoms with Crippen molar-refractivity contribution in [1.82, 2.24) is 4.57 Å². The van der Waals surface area contributed by atoms with E-state index >= 15 is 0 Å². The highest BCUT2D eigenvalue weighted by atomic mass is 15.2. The maximum atomic E-state index is 2.72. The van der Waals surface area contributed by atoms with Crippen molar-refractivity contribution in [2.45, 2.75) is 26.2 Å². The summed E-state index contributed by atoms with van der Waals surface area (Å²) in [6, 6.07) is 149. The molecular formula is C108H74BN3. The average Bonchev–Trinajstić information content (AvgIpc) is 0.695. The van der Waals surface area contributed by atoms with Crippen molar-refractivity contribution in [2.75, 3.05) is 9.80 Å². The largest absolute Gasteiger partial charge is 0.310 e. The molecule has 0 bridgehead atoms. The van der Waals surface area contributed by atoms with E-state index in [1.165, 1.54) is 81.4 Å². The van der Waals surface area contributed by atoms with Gasteiger partial charge in [-0.2, -0.15) is 0 Å². The second-order valence-corrected chi connectivity index (χ2v) is 31.4. The number of nitrogens with zero attached hydrogens (tertiary/aromatic N) is 3. The Labute approximate surface area is 652 Å². The molecule has 4 heteroatoms. The summed E-state index contributed by atoms with van der Waals surface area (Å²) in [5.41, 5.74) is 33.0. The number of hydrogen-bond donors (Lipinski definition) is 0. The van der Waals surface area contributed by atoms with E-state index in [1.54, 1.807) is 0 Å². The Balaban J connectivity index is 0.923. The van der Waals surface area contributed by atoms with Crippen LogP contribution in [-0.2, 0) is 5.41 Å². The summed E-state index contributed by atoms with van der Waals surface area (Å²) in [7, 11) is 0. The second-order valence-electron chi connectivity index (χ2n) is 31.4. The first-order valence-corrected chi connectivity index (χ1v) is 39.1. The number of aromatic nitrogens is 1. The van der Waals surface area contributed by atoms with Crippen LogP contribution in [0.5, 0.6) is 0 Å². The minimum Gasteiger partial charge on any atom is -0.310 e. The second kappa shape index (κ2) is 25.8. The molecule has 112 heavy (non-hydrogen) atoms. The smallest absolute Gasteiger partial charge is 0.252 e. The molecule has 22 rings (SSSR count). The summed E-state index contributed by atoms with van der Waals surface area (Å²) in [5.74, 6) is 0. The standard InChI is InChI=1S/C108H74BN3/c1-108(2,3)83-54-51-71(52-55-83)82-66-101-105-102(67-82)112(107-92(74-37-18-8-19-38-74)62-81(70-31-12-5-13-32-70)63-93(107)75-39-20-9-21-40-75)100-68-84(110-97-49-24-22-44-85(97)86-45-23-25-50-98(86)110)56-57-95(100)109(105)96-65-77(79-59-78-43-28-47-88-87-46-26-41-76-42-27-48-89(103(76)87)94(64-79)104(78)88)53-58-99(96)111(101)106-90(72-33-14-6-15-34-72)60-80(69-29-10-4-11-30-69)61-91(106)73-35-16-7-17-36-73/h4-68H,1-3H3. The van der Waals surface area contributed by atoms with Gasteiger partial charge >= 0.3 is 0 Å². The Bertz CT molecular complexity index is 6950. The SMILES string of the molecule is CC(C)(C)c1ccc(-c2cc3c4c(c2)N(c2c(-c5ccccc5)cc(-c5ccccc5)cc2-c2ccccc2)c2cc(-n5c6ccccc6c6ccccc65)ccc2B4c2cc(-c4cc5cccc6c7cccc8cccc(c(c4)c56)c87)ccc2N3c2c(-c3ccccc3)cc(-c3ccccc3)cc2-c2ccccc2)cc1. The van der Waals surface area contributed by atoms with Crippen molar-refractivity contribution in [3.05, 3.63) is 400 Å². The molecule has 0 atom stereocenters. The summed E-state index contributed by atoms with van der Waals surface area (Å²) in [6.45, 7) is 6.63. The lowest BCUT2D eigenvalue weighted by molar-refractivity contribution is 0.590. The van der Waals surface area contributed by atoms with Crippen LogP contribution in [-0.4, -0.2) is 11.3 Å². The van der Waals surface area contributed by atoms with Gasteiger partial charge in [-0.3, -0.25) is 0 Å². The average molecular weight is 1420 g/mol. The van der Waals surface area contributed by atoms with Gasteiger partial charge in [-0.05, 0) is 216 Å². The highest BCUT2D eigenvalue weighted by molar-refractivity contribution is 7.00. The number of hydrogen-bond acceptors (Lipinski definition) is 2. The predicted octanol–water partition coefficient (Wildman–Crippen LogP) is 27.6. The molecule has 3 nitrogen and oxygen atoms in total. The van der Waals surface area contributed by atoms with E-state index in [1.807, 2.05) is 0 Å². The molecule has 0 saturated heterocycles. The van der Waals surface area contributed by atoms with Crippen LogP contribution in [0.4, 0.5) is 34.1 Å². The topological polar surface area (TPSA) is 11.4 Å². The van der Waals surface area contributed by atoms with Crippen molar-refractivity contribution in [1.29, 1.82) is 0 Å². The number of anilines is 6. The van der Waals surface area contributed by atoms with Crippen molar-refractivity contribution < 1.29 is 0 Å². The predicted molar refractivity (Wildman–Crippen MR) is 478 cm³/mol. The van der Waals surface area contributed by atoms with Crippen molar-refractivity contribution in [3.63, 3.8) is 0 Å². The molecule has 1 aromatic heterocycles. The number of fused-ring (bicyclic) bond motifs is 9. The van der Waals surface area contributed by atoms with E-state index in [0.29, 0.717) is 0 Å². The maximum absolute atomic E-state index is 2.72. The molecular weight excluding hydrogens is 1350 g/mol. The third kappa shape index (κ3) is 10.4. The lowest BCUT2D eigenvalue weighted by Gasteiger charge is -2.46. The van der Waals surface area contributed by atoms with E-state index in [9.17, 15) is 0 Å². The lowest BCUT2D eigenvalue weighted by atomic mass is 9.33. The third-order valence-electron chi connectivity index (χ3n) is 24.0. The van der Waals surface area contributed by atoms with Crippen molar-refractivity contribution in [2.24, 2.45) is 0 Å². The molecule has 0 saturated carbocycles. The van der Waals surface area contributed by atoms with Crippen LogP contribution < -0.4 is 26.2 Å². The Morgan fingerprint density at radius 1 is 0.232 bits per heavy atom. The highest BCUT2D eigenvalue weighted by Gasteiger charge is 2.46. The Hall–Kier alpha value is -14.1. The first-order valence-electron chi connectivity index (χ1n) is 39.1. The zero-order chi connectivity index (χ0) is 74.3. The minimum absolute atomic E-state index is 0.0744. The van der Waals surface area contributed by atoms with Gasteiger partial charge in [-0.15, -0.1) is 0 Å². The Morgan fingerprint density at radius 3 is 1.10 bits per heavy atom. The maximum Gasteiger partial charge on any atom is 0.252 e. The number of rotatable bonds is 11. The molecule has 0 amide bonds. The molecule has 2 aliphatic rings. The van der Waals surface area contributed by atoms with Crippen LogP contribution in [0.25, 0.3) is 160 Å². The van der Waals surface area contributed by atoms with Crippen LogP contribution >= 0.6 is 0 Å². The van der Waals surface area contributed by atoms with Gasteiger partial charge in [0.15, 0.2) is 0 Å². The fourth-order valence-corrected chi connectivity index (χ4v) is 18.8. The lowest BCUT2D eigenvalue weighted by Crippen LogP contribution is -2.61. The summed E-state index contributed by atoms with van der Waals surface area (Å²) < 4.78 is 2.51. The van der Waals surface area contributed by atoms with Crippen LogP contribution in [0.3, 0.4) is 0 Å². The molecule has 0 spiro atoms. The molecule has 0 unspecified atom stereocenters. The zero-order valence-corrected chi connectivity index (χ0v) is 62.4. The molecule has 2 aliphatic heterocycles. The van der Waals surface area contributed by atoms with E-state index in [-0.39, 0.29) is 12.1 Å². The molecule has 524 valence electrons. The minimum atomic E-state index is -0.314. The van der Waals surface area contributed by atoms with E-state index in [2.05, 4.69) is 429 Å². The van der Waals surface area contributed by atoms with Crippen molar-refractivity contribution >= 4 is 122 Å². The molecule has 19 aromatic carbocycles. The van der Waals surface area contributed by atoms with Gasteiger partial charge in [0.2, 0.25) is 0 Å². The fraction of sp³-hybridized carbons (Fsp3) is 0.0370. The Kier molecular flexibility index (Phi) is 15.0. The molecule has 0 fully saturated rings. The molecule has 20 aromatic rings. The van der Waals surface area contributed by atoms with Gasteiger partial charge in [0.25, 0.3) is 6.71 Å². The van der Waals surface area contributed by atoms with E-state index in [4.69, 9.17) is 0 Å². The molecule has 0 radical (unpaired) electrons. The number of para-hydroxylation sites is 2. The van der Waals surface area contributed by atoms with Crippen LogP contribution in [0, 0.1) is 0 Å². The van der Waals surface area contributed by atoms with E-state index in [0.717, 1.165) is 134 Å². The molecule has 3 heterocycles. The first-order chi connectivity index (χ1) is 55.2. The van der Waals surface area contributed by atoms with Gasteiger partial charge in [-0.1, -0.05) is 336 Å². The van der Waals surface area contributed by atoms with Crippen molar-refractivity contribution in [3.8, 4) is 94.7 Å². The highest BCUT2D eigenvalue weighted by Crippen LogP contribution is 2.56. The quantitative estimate of drug-likeness (QED) is 0.0726. The summed E-state index contributed by atoms with van der Waals surface area (Å²) in [6.07, 6.45) is 0. The summed E-state index contributed by atoms with van der Waals surface area (Å²) >= 11 is 0. The number of benzene rings is 19. The Morgan fingerprint density at radius 2 is 0.616 bits per heavy atom. The summed E-state index contributed by atoms with van der Waals surface area (Å²) in [4.78, 5) is 5.43. The molecule has 0 aliphatic carbocycles. The fourth-order valence-electron chi connectivity index (χ4n) is 18.8. The van der Waals surface area contributed by atoms with Gasteiger partial charge in [0, 0.05) is 61.5 Å². The van der Waals surface area contributed by atoms with Gasteiger partial charge < -0.3 is 14.4 Å². The zero-order valence-electron chi connectivity index (χ0n) is 62.4. The normalized spacial score (nSPS) is 12.5. The van der Waals surface area contributed by atoms with Crippen LogP contribution in [0.15, 0.2) is 394 Å². The van der Waals surface area contributed by atoms with E-state index < -0.39 is 0 Å². The molecule has 0 N–H and O–H groups in total. The monoisotopic (exact) mass is 1420 g/mol.